The molecule has 1 aliphatic heterocycles. The molecule has 0 aliphatic carbocycles. The zero-order valence-electron chi connectivity index (χ0n) is 18.9. The molecule has 1 heterocycles. The molecular weight excluding hydrogens is 404 g/mol. The highest BCUT2D eigenvalue weighted by atomic mass is 16.6. The summed E-state index contributed by atoms with van der Waals surface area (Å²) in [6.45, 7) is 0.657. The van der Waals surface area contributed by atoms with Crippen molar-refractivity contribution >= 4 is 5.97 Å². The number of carbonyl (C=O) groups excluding carboxylic acids is 1. The lowest BCUT2D eigenvalue weighted by atomic mass is 9.75. The van der Waals surface area contributed by atoms with E-state index in [1.807, 2.05) is 0 Å². The fourth-order valence-electron chi connectivity index (χ4n) is 4.25. The van der Waals surface area contributed by atoms with Gasteiger partial charge < -0.3 is 35.4 Å². The summed E-state index contributed by atoms with van der Waals surface area (Å²) < 4.78 is 5.07. The van der Waals surface area contributed by atoms with Gasteiger partial charge in [-0.15, -0.1) is 0 Å². The molecule has 1 aliphatic rings. The second-order valence-electron chi connectivity index (χ2n) is 8.78. The molecule has 0 saturated heterocycles. The lowest BCUT2D eigenvalue weighted by Crippen LogP contribution is -2.60. The highest BCUT2D eigenvalue weighted by Gasteiger charge is 2.62. The SMILES string of the molecule is CCCCCCCCCCCCCC[C@](O)(CO)[C@@]1(CC(O)CO)OC(=O)C(O)=C1O. The second-order valence-corrected chi connectivity index (χ2v) is 8.78. The molecule has 8 heteroatoms. The van der Waals surface area contributed by atoms with Crippen LogP contribution in [0.5, 0.6) is 0 Å². The van der Waals surface area contributed by atoms with Gasteiger partial charge in [-0.25, -0.2) is 4.79 Å². The molecule has 1 unspecified atom stereocenters. The van der Waals surface area contributed by atoms with Crippen molar-refractivity contribution in [3.63, 3.8) is 0 Å². The van der Waals surface area contributed by atoms with Gasteiger partial charge in [0.25, 0.3) is 0 Å². The Morgan fingerprint density at radius 1 is 0.903 bits per heavy atom. The molecule has 6 N–H and O–H groups in total. The van der Waals surface area contributed by atoms with Gasteiger partial charge in [0.1, 0.15) is 5.60 Å². The summed E-state index contributed by atoms with van der Waals surface area (Å²) in [6.07, 6.45) is 11.4. The van der Waals surface area contributed by atoms with E-state index in [9.17, 15) is 30.3 Å². The first kappa shape index (κ1) is 27.7. The Hall–Kier alpha value is -1.35. The predicted octanol–water partition coefficient (Wildman–Crippen LogP) is 3.17. The zero-order chi connectivity index (χ0) is 23.3. The van der Waals surface area contributed by atoms with Crippen LogP contribution >= 0.6 is 0 Å². The van der Waals surface area contributed by atoms with Gasteiger partial charge in [-0.2, -0.15) is 0 Å². The zero-order valence-corrected chi connectivity index (χ0v) is 18.9. The second kappa shape index (κ2) is 13.9. The lowest BCUT2D eigenvalue weighted by molar-refractivity contribution is -0.203. The Balaban J connectivity index is 2.49. The minimum absolute atomic E-state index is 0.0102. The lowest BCUT2D eigenvalue weighted by Gasteiger charge is -2.42. The Bertz CT molecular complexity index is 564. The maximum atomic E-state index is 11.8. The van der Waals surface area contributed by atoms with E-state index in [-0.39, 0.29) is 6.42 Å². The smallest absolute Gasteiger partial charge is 0.378 e. The highest BCUT2D eigenvalue weighted by molar-refractivity contribution is 5.90. The summed E-state index contributed by atoms with van der Waals surface area (Å²) in [5, 5.41) is 60.0. The minimum atomic E-state index is -2.21. The molecule has 0 radical (unpaired) electrons. The Kier molecular flexibility index (Phi) is 12.4. The summed E-state index contributed by atoms with van der Waals surface area (Å²) in [5.74, 6) is -3.24. The van der Waals surface area contributed by atoms with E-state index in [1.54, 1.807) is 0 Å². The van der Waals surface area contributed by atoms with Crippen molar-refractivity contribution in [2.24, 2.45) is 0 Å². The number of unbranched alkanes of at least 4 members (excludes halogenated alkanes) is 11. The van der Waals surface area contributed by atoms with Crippen LogP contribution in [0.3, 0.4) is 0 Å². The molecule has 0 amide bonds. The molecule has 0 fully saturated rings. The standard InChI is InChI=1S/C23H42O8/c1-2-3-4-5-6-7-8-9-10-11-12-13-14-22(30,17-25)23(15-18(26)16-24)20(28)19(27)21(29)31-23/h18,24-28,30H,2-17H2,1H3/t18?,22-,23-/m0/s1. The fourth-order valence-corrected chi connectivity index (χ4v) is 4.25. The van der Waals surface area contributed by atoms with Crippen LogP contribution in [0.25, 0.3) is 0 Å². The van der Waals surface area contributed by atoms with Crippen LogP contribution in [-0.2, 0) is 9.53 Å². The van der Waals surface area contributed by atoms with E-state index in [0.29, 0.717) is 6.42 Å². The number of rotatable bonds is 18. The van der Waals surface area contributed by atoms with Gasteiger partial charge in [0, 0.05) is 6.42 Å². The molecule has 0 saturated carbocycles. The van der Waals surface area contributed by atoms with Crippen molar-refractivity contribution in [1.82, 2.24) is 0 Å². The van der Waals surface area contributed by atoms with E-state index < -0.39 is 54.4 Å². The average molecular weight is 447 g/mol. The number of aliphatic hydroxyl groups excluding tert-OH is 5. The van der Waals surface area contributed by atoms with E-state index in [2.05, 4.69) is 6.92 Å². The first-order valence-corrected chi connectivity index (χ1v) is 11.8. The molecule has 3 atom stereocenters. The molecule has 0 spiro atoms. The van der Waals surface area contributed by atoms with Crippen LogP contribution in [0.1, 0.15) is 96.8 Å². The predicted molar refractivity (Wildman–Crippen MR) is 117 cm³/mol. The molecule has 0 aromatic carbocycles. The van der Waals surface area contributed by atoms with Crippen LogP contribution in [0.4, 0.5) is 0 Å². The molecule has 182 valence electrons. The summed E-state index contributed by atoms with van der Waals surface area (Å²) in [7, 11) is 0. The van der Waals surface area contributed by atoms with Crippen LogP contribution < -0.4 is 0 Å². The van der Waals surface area contributed by atoms with Crippen molar-refractivity contribution in [1.29, 1.82) is 0 Å². The van der Waals surface area contributed by atoms with Gasteiger partial charge >= 0.3 is 5.97 Å². The first-order valence-electron chi connectivity index (χ1n) is 11.8. The summed E-state index contributed by atoms with van der Waals surface area (Å²) in [6, 6.07) is 0. The van der Waals surface area contributed by atoms with E-state index in [1.165, 1.54) is 44.9 Å². The van der Waals surface area contributed by atoms with Crippen LogP contribution in [0.2, 0.25) is 0 Å². The van der Waals surface area contributed by atoms with Crippen molar-refractivity contribution < 1.29 is 40.2 Å². The van der Waals surface area contributed by atoms with Gasteiger partial charge in [-0.1, -0.05) is 84.0 Å². The maximum absolute atomic E-state index is 11.8. The van der Waals surface area contributed by atoms with Crippen LogP contribution in [0, 0.1) is 0 Å². The summed E-state index contributed by atoms with van der Waals surface area (Å²) >= 11 is 0. The quantitative estimate of drug-likeness (QED) is 0.139. The largest absolute Gasteiger partial charge is 0.505 e. The van der Waals surface area contributed by atoms with Crippen molar-refractivity contribution in [2.45, 2.75) is 114 Å². The monoisotopic (exact) mass is 446 g/mol. The normalized spacial score (nSPS) is 21.9. The average Bonchev–Trinajstić information content (AvgIpc) is 2.98. The number of ether oxygens (including phenoxy) is 1. The van der Waals surface area contributed by atoms with Gasteiger partial charge in [0.2, 0.25) is 11.4 Å². The van der Waals surface area contributed by atoms with Crippen LogP contribution in [-0.4, -0.2) is 67.1 Å². The van der Waals surface area contributed by atoms with Gasteiger partial charge in [-0.05, 0) is 6.42 Å². The topological polar surface area (TPSA) is 148 Å². The van der Waals surface area contributed by atoms with E-state index in [0.717, 1.165) is 25.7 Å². The Morgan fingerprint density at radius 2 is 1.39 bits per heavy atom. The Morgan fingerprint density at radius 3 is 1.77 bits per heavy atom. The molecule has 1 rings (SSSR count). The third-order valence-corrected chi connectivity index (χ3v) is 6.26. The highest BCUT2D eigenvalue weighted by Crippen LogP contribution is 2.45. The summed E-state index contributed by atoms with van der Waals surface area (Å²) in [5.41, 5.74) is -4.31. The molecule has 0 aromatic rings. The maximum Gasteiger partial charge on any atom is 0.378 e. The fraction of sp³-hybridized carbons (Fsp3) is 0.870. The first-order chi connectivity index (χ1) is 14.8. The van der Waals surface area contributed by atoms with Gasteiger partial charge in [0.15, 0.2) is 5.76 Å². The molecule has 31 heavy (non-hydrogen) atoms. The number of cyclic esters (lactones) is 1. The van der Waals surface area contributed by atoms with Crippen molar-refractivity contribution in [3.05, 3.63) is 11.5 Å². The molecule has 0 bridgehead atoms. The third-order valence-electron chi connectivity index (χ3n) is 6.26. The van der Waals surface area contributed by atoms with Gasteiger partial charge in [-0.3, -0.25) is 0 Å². The number of carbonyl (C=O) groups is 1. The minimum Gasteiger partial charge on any atom is -0.505 e. The van der Waals surface area contributed by atoms with Crippen LogP contribution in [0.15, 0.2) is 11.5 Å². The molecular formula is C23H42O8. The van der Waals surface area contributed by atoms with Crippen molar-refractivity contribution in [3.8, 4) is 0 Å². The molecule has 0 aromatic heterocycles. The number of hydrogen-bond acceptors (Lipinski definition) is 8. The third kappa shape index (κ3) is 7.63. The number of hydrogen-bond donors (Lipinski definition) is 6. The van der Waals surface area contributed by atoms with E-state index in [4.69, 9.17) is 9.84 Å². The molecule has 8 nitrogen and oxygen atoms in total. The number of esters is 1. The summed E-state index contributed by atoms with van der Waals surface area (Å²) in [4.78, 5) is 11.8. The Labute approximate surface area is 185 Å². The number of aliphatic hydroxyl groups is 6. The van der Waals surface area contributed by atoms with Gasteiger partial charge in [0.05, 0.1) is 19.3 Å². The van der Waals surface area contributed by atoms with E-state index >= 15 is 0 Å². The van der Waals surface area contributed by atoms with Crippen molar-refractivity contribution in [2.75, 3.05) is 13.2 Å².